The zero-order chi connectivity index (χ0) is 8.41. The predicted octanol–water partition coefficient (Wildman–Crippen LogP) is 1.13. The second-order valence-corrected chi connectivity index (χ2v) is 1.53. The lowest BCUT2D eigenvalue weighted by molar-refractivity contribution is 0.314. The van der Waals surface area contributed by atoms with Crippen LogP contribution in [0.25, 0.3) is 0 Å². The van der Waals surface area contributed by atoms with Crippen LogP contribution < -0.4 is 5.43 Å². The van der Waals surface area contributed by atoms with Crippen molar-refractivity contribution in [2.24, 2.45) is 4.99 Å². The van der Waals surface area contributed by atoms with E-state index < -0.39 is 0 Å². The molecule has 0 amide bonds. The van der Waals surface area contributed by atoms with E-state index in [4.69, 9.17) is 0 Å². The van der Waals surface area contributed by atoms with E-state index in [0.717, 1.165) is 6.54 Å². The van der Waals surface area contributed by atoms with Gasteiger partial charge >= 0.3 is 0 Å². The molecule has 0 aliphatic heterocycles. The van der Waals surface area contributed by atoms with Crippen molar-refractivity contribution in [3.05, 3.63) is 0 Å². The van der Waals surface area contributed by atoms with Crippen LogP contribution in [0.2, 0.25) is 0 Å². The van der Waals surface area contributed by atoms with Gasteiger partial charge in [-0.3, -0.25) is 4.99 Å². The first-order valence-corrected chi connectivity index (χ1v) is 3.69. The first kappa shape index (κ1) is 12.1. The van der Waals surface area contributed by atoms with E-state index in [1.54, 1.807) is 13.4 Å². The summed E-state index contributed by atoms with van der Waals surface area (Å²) in [7, 11) is 3.69. The molecular formula is C7H19N3. The molecule has 0 atom stereocenters. The van der Waals surface area contributed by atoms with Gasteiger partial charge in [0.05, 0.1) is 6.34 Å². The number of hydrogen-bond donors (Lipinski definition) is 1. The third-order valence-corrected chi connectivity index (χ3v) is 0.882. The minimum Gasteiger partial charge on any atom is -0.310 e. The van der Waals surface area contributed by atoms with Crippen LogP contribution in [0, 0.1) is 0 Å². The molecule has 0 heterocycles. The van der Waals surface area contributed by atoms with Crippen molar-refractivity contribution in [2.75, 3.05) is 20.6 Å². The van der Waals surface area contributed by atoms with E-state index in [0.29, 0.717) is 0 Å². The molecule has 0 bridgehead atoms. The normalized spacial score (nSPS) is 9.40. The molecule has 0 radical (unpaired) electrons. The molecule has 0 aromatic rings. The maximum absolute atomic E-state index is 3.75. The Morgan fingerprint density at radius 1 is 1.50 bits per heavy atom. The number of hydrazine groups is 1. The van der Waals surface area contributed by atoms with Crippen LogP contribution in [-0.2, 0) is 0 Å². The number of nitrogens with zero attached hydrogens (tertiary/aromatic N) is 2. The van der Waals surface area contributed by atoms with Crippen LogP contribution in [0.3, 0.4) is 0 Å². The second-order valence-electron chi connectivity index (χ2n) is 1.53. The Morgan fingerprint density at radius 3 is 2.30 bits per heavy atom. The van der Waals surface area contributed by atoms with Gasteiger partial charge in [0, 0.05) is 20.6 Å². The lowest BCUT2D eigenvalue weighted by Gasteiger charge is -2.11. The molecule has 0 fully saturated rings. The Bertz CT molecular complexity index is 71.3. The summed E-state index contributed by atoms with van der Waals surface area (Å²) in [5.74, 6) is 0. The van der Waals surface area contributed by atoms with E-state index in [1.165, 1.54) is 0 Å². The third kappa shape index (κ3) is 10.4. The van der Waals surface area contributed by atoms with Gasteiger partial charge in [-0.2, -0.15) is 0 Å². The fraction of sp³-hybridized carbons (Fsp3) is 0.857. The fourth-order valence-electron chi connectivity index (χ4n) is 0.248. The summed E-state index contributed by atoms with van der Waals surface area (Å²) in [5, 5.41) is 1.94. The summed E-state index contributed by atoms with van der Waals surface area (Å²) in [4.78, 5) is 3.75. The van der Waals surface area contributed by atoms with Gasteiger partial charge < -0.3 is 5.43 Å². The second kappa shape index (κ2) is 11.3. The minimum atomic E-state index is 0.978. The zero-order valence-corrected chi connectivity index (χ0v) is 7.68. The van der Waals surface area contributed by atoms with Crippen LogP contribution >= 0.6 is 0 Å². The standard InChI is InChI=1S/C5H13N3.C2H6/c1-4-8(3)7-5-6-2;1-2/h5H,4H2,1-3H3,(H,6,7);1-2H3. The average molecular weight is 145 g/mol. The van der Waals surface area contributed by atoms with Gasteiger partial charge in [0.2, 0.25) is 0 Å². The topological polar surface area (TPSA) is 27.6 Å². The summed E-state index contributed by atoms with van der Waals surface area (Å²) in [6, 6.07) is 0. The average Bonchev–Trinajstić information content (AvgIpc) is 2.04. The molecule has 0 aliphatic carbocycles. The summed E-state index contributed by atoms with van der Waals surface area (Å²) in [5.41, 5.74) is 2.92. The monoisotopic (exact) mass is 145 g/mol. The first-order valence-electron chi connectivity index (χ1n) is 3.69. The fourth-order valence-corrected chi connectivity index (χ4v) is 0.248. The summed E-state index contributed by atoms with van der Waals surface area (Å²) >= 11 is 0. The molecule has 0 spiro atoms. The van der Waals surface area contributed by atoms with Crippen molar-refractivity contribution < 1.29 is 0 Å². The van der Waals surface area contributed by atoms with Crippen LogP contribution in [0.15, 0.2) is 4.99 Å². The van der Waals surface area contributed by atoms with Gasteiger partial charge in [-0.25, -0.2) is 5.01 Å². The highest BCUT2D eigenvalue weighted by Gasteiger charge is 1.82. The van der Waals surface area contributed by atoms with Crippen LogP contribution in [0.5, 0.6) is 0 Å². The molecule has 0 saturated carbocycles. The number of hydrogen-bond acceptors (Lipinski definition) is 2. The number of aliphatic imine (C=N–C) groups is 1. The molecule has 0 rings (SSSR count). The molecule has 0 unspecified atom stereocenters. The SMILES string of the molecule is CC.CCN(C)NC=NC. The lowest BCUT2D eigenvalue weighted by atomic mass is 10.7. The molecular weight excluding hydrogens is 126 g/mol. The third-order valence-electron chi connectivity index (χ3n) is 0.882. The number of rotatable bonds is 3. The van der Waals surface area contributed by atoms with Crippen molar-refractivity contribution in [1.82, 2.24) is 10.4 Å². The molecule has 10 heavy (non-hydrogen) atoms. The van der Waals surface area contributed by atoms with Gasteiger partial charge in [0.1, 0.15) is 0 Å². The largest absolute Gasteiger partial charge is 0.310 e. The van der Waals surface area contributed by atoms with Gasteiger partial charge in [-0.15, -0.1) is 0 Å². The molecule has 62 valence electrons. The Kier molecular flexibility index (Phi) is 13.7. The minimum absolute atomic E-state index is 0.978. The first-order chi connectivity index (χ1) is 4.81. The Morgan fingerprint density at radius 2 is 2.00 bits per heavy atom. The molecule has 3 heteroatoms. The van der Waals surface area contributed by atoms with Gasteiger partial charge in [0.25, 0.3) is 0 Å². The zero-order valence-electron chi connectivity index (χ0n) is 7.68. The predicted molar refractivity (Wildman–Crippen MR) is 47.2 cm³/mol. The van der Waals surface area contributed by atoms with Gasteiger partial charge in [-0.1, -0.05) is 20.8 Å². The van der Waals surface area contributed by atoms with Crippen LogP contribution in [0.4, 0.5) is 0 Å². The lowest BCUT2D eigenvalue weighted by Crippen LogP contribution is -2.32. The highest BCUT2D eigenvalue weighted by Crippen LogP contribution is 1.66. The summed E-state index contributed by atoms with van der Waals surface area (Å²) < 4.78 is 0. The maximum Gasteiger partial charge on any atom is 0.0964 e. The van der Waals surface area contributed by atoms with E-state index >= 15 is 0 Å². The Balaban J connectivity index is 0. The van der Waals surface area contributed by atoms with Gasteiger partial charge in [-0.05, 0) is 0 Å². The van der Waals surface area contributed by atoms with E-state index in [-0.39, 0.29) is 0 Å². The van der Waals surface area contributed by atoms with Crippen molar-refractivity contribution in [3.8, 4) is 0 Å². The van der Waals surface area contributed by atoms with E-state index in [9.17, 15) is 0 Å². The van der Waals surface area contributed by atoms with Crippen molar-refractivity contribution in [1.29, 1.82) is 0 Å². The highest BCUT2D eigenvalue weighted by molar-refractivity contribution is 5.52. The van der Waals surface area contributed by atoms with Crippen molar-refractivity contribution >= 4 is 6.34 Å². The van der Waals surface area contributed by atoms with E-state index in [2.05, 4.69) is 17.3 Å². The molecule has 0 aromatic carbocycles. The van der Waals surface area contributed by atoms with Gasteiger partial charge in [0.15, 0.2) is 0 Å². The van der Waals surface area contributed by atoms with Crippen molar-refractivity contribution in [2.45, 2.75) is 20.8 Å². The Labute approximate surface area is 64.1 Å². The molecule has 3 nitrogen and oxygen atoms in total. The van der Waals surface area contributed by atoms with Crippen molar-refractivity contribution in [3.63, 3.8) is 0 Å². The molecule has 0 aromatic heterocycles. The molecule has 0 saturated heterocycles. The van der Waals surface area contributed by atoms with Crippen LogP contribution in [0.1, 0.15) is 20.8 Å². The quantitative estimate of drug-likeness (QED) is 0.366. The number of nitrogens with one attached hydrogen (secondary N) is 1. The van der Waals surface area contributed by atoms with Crippen LogP contribution in [-0.4, -0.2) is 32.0 Å². The molecule has 0 aliphatic rings. The summed E-state index contributed by atoms with van der Waals surface area (Å²) in [6.45, 7) is 7.04. The smallest absolute Gasteiger partial charge is 0.0964 e. The van der Waals surface area contributed by atoms with E-state index in [1.807, 2.05) is 25.9 Å². The Hall–Kier alpha value is -0.570. The molecule has 1 N–H and O–H groups in total. The maximum atomic E-state index is 3.75. The highest BCUT2D eigenvalue weighted by atomic mass is 15.5. The summed E-state index contributed by atoms with van der Waals surface area (Å²) in [6.07, 6.45) is 1.66.